The van der Waals surface area contributed by atoms with Crippen LogP contribution in [0.3, 0.4) is 0 Å². The number of methoxy groups -OCH3 is 2. The van der Waals surface area contributed by atoms with Crippen molar-refractivity contribution in [3.63, 3.8) is 0 Å². The zero-order valence-corrected chi connectivity index (χ0v) is 12.2. The summed E-state index contributed by atoms with van der Waals surface area (Å²) in [7, 11) is 3.15. The molecule has 108 valence electrons. The third-order valence-electron chi connectivity index (χ3n) is 2.66. The van der Waals surface area contributed by atoms with Crippen LogP contribution in [-0.2, 0) is 14.3 Å². The largest absolute Gasteiger partial charge is 0.383 e. The lowest BCUT2D eigenvalue weighted by atomic mass is 10.1. The summed E-state index contributed by atoms with van der Waals surface area (Å²) < 4.78 is 10.1. The van der Waals surface area contributed by atoms with E-state index in [1.807, 2.05) is 31.2 Å². The number of carbonyl (C=O) groups excluding carboxylic acids is 1. The summed E-state index contributed by atoms with van der Waals surface area (Å²) in [4.78, 5) is 11.7. The number of nitrogens with one attached hydrogen (secondary N) is 1. The second kappa shape index (κ2) is 8.87. The average Bonchev–Trinajstić information content (AvgIpc) is 2.38. The van der Waals surface area contributed by atoms with E-state index in [1.165, 1.54) is 7.11 Å². The molecule has 3 N–H and O–H groups in total. The van der Waals surface area contributed by atoms with Crippen LogP contribution in [0.2, 0.25) is 0 Å². The number of hydrogen-bond acceptors (Lipinski definition) is 4. The molecule has 0 radical (unpaired) electrons. The summed E-state index contributed by atoms with van der Waals surface area (Å²) in [5.41, 5.74) is 7.34. The third-order valence-corrected chi connectivity index (χ3v) is 2.66. The number of rotatable bonds is 6. The predicted molar refractivity (Wildman–Crippen MR) is 77.6 cm³/mol. The molecule has 2 unspecified atom stereocenters. The van der Waals surface area contributed by atoms with Crippen LogP contribution in [0.25, 0.3) is 0 Å². The first-order valence-electron chi connectivity index (χ1n) is 5.76. The van der Waals surface area contributed by atoms with Crippen LogP contribution in [0.5, 0.6) is 0 Å². The lowest BCUT2D eigenvalue weighted by Crippen LogP contribution is -2.39. The summed E-state index contributed by atoms with van der Waals surface area (Å²) in [6.07, 6.45) is -0.0190. The fourth-order valence-electron chi connectivity index (χ4n) is 1.50. The molecule has 1 aromatic rings. The summed E-state index contributed by atoms with van der Waals surface area (Å²) in [6.45, 7) is 2.14. The fourth-order valence-corrected chi connectivity index (χ4v) is 1.50. The predicted octanol–water partition coefficient (Wildman–Crippen LogP) is 1.73. The number of benzene rings is 1. The van der Waals surface area contributed by atoms with Gasteiger partial charge in [-0.1, -0.05) is 12.1 Å². The van der Waals surface area contributed by atoms with E-state index < -0.39 is 6.04 Å². The Hall–Kier alpha value is -1.14. The van der Waals surface area contributed by atoms with Crippen molar-refractivity contribution in [3.8, 4) is 0 Å². The van der Waals surface area contributed by atoms with Gasteiger partial charge in [-0.15, -0.1) is 12.4 Å². The minimum absolute atomic E-state index is 0. The van der Waals surface area contributed by atoms with E-state index >= 15 is 0 Å². The highest BCUT2D eigenvalue weighted by Gasteiger charge is 2.13. The summed E-state index contributed by atoms with van der Waals surface area (Å²) in [5.74, 6) is -0.265. The molecule has 0 aliphatic carbocycles. The molecule has 1 amide bonds. The number of amides is 1. The highest BCUT2D eigenvalue weighted by atomic mass is 35.5. The van der Waals surface area contributed by atoms with Gasteiger partial charge in [-0.05, 0) is 24.6 Å². The number of anilines is 1. The molecule has 0 saturated heterocycles. The highest BCUT2D eigenvalue weighted by Crippen LogP contribution is 2.19. The van der Waals surface area contributed by atoms with Crippen LogP contribution in [0.4, 0.5) is 5.69 Å². The molecule has 0 aromatic heterocycles. The van der Waals surface area contributed by atoms with Crippen molar-refractivity contribution < 1.29 is 14.3 Å². The maximum Gasteiger partial charge on any atom is 0.243 e. The Balaban J connectivity index is 0.00000324. The average molecular weight is 289 g/mol. The van der Waals surface area contributed by atoms with E-state index in [0.717, 1.165) is 5.56 Å². The topological polar surface area (TPSA) is 73.6 Å². The zero-order chi connectivity index (χ0) is 13.5. The summed E-state index contributed by atoms with van der Waals surface area (Å²) in [5, 5.41) is 2.75. The Morgan fingerprint density at radius 3 is 2.68 bits per heavy atom. The maximum absolute atomic E-state index is 11.7. The van der Waals surface area contributed by atoms with E-state index in [9.17, 15) is 4.79 Å². The Morgan fingerprint density at radius 2 is 2.11 bits per heavy atom. The Labute approximate surface area is 119 Å². The molecule has 5 nitrogen and oxygen atoms in total. The van der Waals surface area contributed by atoms with Crippen molar-refractivity contribution in [2.75, 3.05) is 26.1 Å². The minimum Gasteiger partial charge on any atom is -0.383 e. The molecule has 1 aromatic carbocycles. The summed E-state index contributed by atoms with van der Waals surface area (Å²) >= 11 is 0. The van der Waals surface area contributed by atoms with Crippen molar-refractivity contribution in [2.45, 2.75) is 19.1 Å². The lowest BCUT2D eigenvalue weighted by molar-refractivity contribution is -0.118. The van der Waals surface area contributed by atoms with Gasteiger partial charge in [0.2, 0.25) is 5.91 Å². The molecule has 0 heterocycles. The number of halogens is 1. The van der Waals surface area contributed by atoms with Crippen LogP contribution in [0, 0.1) is 0 Å². The smallest absolute Gasteiger partial charge is 0.243 e. The van der Waals surface area contributed by atoms with Gasteiger partial charge in [0.25, 0.3) is 0 Å². The van der Waals surface area contributed by atoms with Gasteiger partial charge < -0.3 is 20.5 Å². The molecular weight excluding hydrogens is 268 g/mol. The van der Waals surface area contributed by atoms with Crippen LogP contribution in [-0.4, -0.2) is 32.8 Å². The van der Waals surface area contributed by atoms with Gasteiger partial charge in [-0.3, -0.25) is 4.79 Å². The lowest BCUT2D eigenvalue weighted by Gasteiger charge is -2.14. The van der Waals surface area contributed by atoms with E-state index in [4.69, 9.17) is 15.2 Å². The van der Waals surface area contributed by atoms with Crippen LogP contribution in [0.15, 0.2) is 24.3 Å². The van der Waals surface area contributed by atoms with E-state index in [-0.39, 0.29) is 31.0 Å². The first-order valence-corrected chi connectivity index (χ1v) is 5.76. The van der Waals surface area contributed by atoms with Gasteiger partial charge in [0.05, 0.1) is 12.7 Å². The van der Waals surface area contributed by atoms with Gasteiger partial charge in [-0.25, -0.2) is 0 Å². The monoisotopic (exact) mass is 288 g/mol. The van der Waals surface area contributed by atoms with Crippen molar-refractivity contribution in [3.05, 3.63) is 29.8 Å². The molecular formula is C13H21ClN2O3. The minimum atomic E-state index is -0.668. The second-order valence-corrected chi connectivity index (χ2v) is 4.05. The SMILES string of the molecule is COCC(N)C(=O)Nc1cccc(C(C)OC)c1.Cl. The van der Waals surface area contributed by atoms with E-state index in [1.54, 1.807) is 7.11 Å². The van der Waals surface area contributed by atoms with Gasteiger partial charge in [-0.2, -0.15) is 0 Å². The van der Waals surface area contributed by atoms with Crippen LogP contribution < -0.4 is 11.1 Å². The zero-order valence-electron chi connectivity index (χ0n) is 11.4. The number of nitrogens with two attached hydrogens (primary N) is 1. The van der Waals surface area contributed by atoms with Crippen molar-refractivity contribution in [1.29, 1.82) is 0 Å². The van der Waals surface area contributed by atoms with Crippen LogP contribution >= 0.6 is 12.4 Å². The Kier molecular flexibility index (Phi) is 8.34. The fraction of sp³-hybridized carbons (Fsp3) is 0.462. The second-order valence-electron chi connectivity index (χ2n) is 4.05. The standard InChI is InChI=1S/C13H20N2O3.ClH/c1-9(18-3)10-5-4-6-11(7-10)15-13(16)12(14)8-17-2;/h4-7,9,12H,8,14H2,1-3H3,(H,15,16);1H. The van der Waals surface area contributed by atoms with Crippen LogP contribution in [0.1, 0.15) is 18.6 Å². The third kappa shape index (κ3) is 5.57. The van der Waals surface area contributed by atoms with Gasteiger partial charge >= 0.3 is 0 Å². The molecule has 0 aliphatic rings. The quantitative estimate of drug-likeness (QED) is 0.836. The molecule has 0 spiro atoms. The first-order chi connectivity index (χ1) is 8.58. The number of ether oxygens (including phenoxy) is 2. The molecule has 0 aliphatic heterocycles. The van der Waals surface area contributed by atoms with E-state index in [2.05, 4.69) is 5.32 Å². The number of carbonyl (C=O) groups is 1. The molecule has 19 heavy (non-hydrogen) atoms. The van der Waals surface area contributed by atoms with Crippen molar-refractivity contribution in [1.82, 2.24) is 0 Å². The Morgan fingerprint density at radius 1 is 1.42 bits per heavy atom. The van der Waals surface area contributed by atoms with Crippen molar-refractivity contribution >= 4 is 24.0 Å². The summed E-state index contributed by atoms with van der Waals surface area (Å²) in [6, 6.07) is 6.81. The Bertz CT molecular complexity index is 401. The van der Waals surface area contributed by atoms with Gasteiger partial charge in [0.1, 0.15) is 6.04 Å². The number of hydrogen-bond donors (Lipinski definition) is 2. The molecule has 0 saturated carbocycles. The molecule has 0 fully saturated rings. The molecule has 1 rings (SSSR count). The van der Waals surface area contributed by atoms with Crippen molar-refractivity contribution in [2.24, 2.45) is 5.73 Å². The van der Waals surface area contributed by atoms with E-state index in [0.29, 0.717) is 5.69 Å². The van der Waals surface area contributed by atoms with Gasteiger partial charge in [0, 0.05) is 19.9 Å². The van der Waals surface area contributed by atoms with Gasteiger partial charge in [0.15, 0.2) is 0 Å². The maximum atomic E-state index is 11.7. The molecule has 2 atom stereocenters. The molecule has 6 heteroatoms. The first kappa shape index (κ1) is 17.9. The molecule has 0 bridgehead atoms. The normalized spacial score (nSPS) is 13.3. The highest BCUT2D eigenvalue weighted by molar-refractivity contribution is 5.94.